The monoisotopic (exact) mass is 776 g/mol. The van der Waals surface area contributed by atoms with E-state index in [-0.39, 0.29) is 18.5 Å². The van der Waals surface area contributed by atoms with Gasteiger partial charge in [0.2, 0.25) is 0 Å². The second-order valence-electron chi connectivity index (χ2n) is 10.9. The van der Waals surface area contributed by atoms with E-state index in [1.165, 1.54) is 37.0 Å². The van der Waals surface area contributed by atoms with Gasteiger partial charge in [-0.3, -0.25) is 0 Å². The molecule has 0 aliphatic carbocycles. The van der Waals surface area contributed by atoms with Crippen LogP contribution >= 0.6 is 23.2 Å². The predicted octanol–water partition coefficient (Wildman–Crippen LogP) is 11.5. The van der Waals surface area contributed by atoms with E-state index in [4.69, 9.17) is 48.7 Å². The Hall–Kier alpha value is -5.10. The summed E-state index contributed by atoms with van der Waals surface area (Å²) in [5.41, 5.74) is 1.62. The van der Waals surface area contributed by atoms with Crippen LogP contribution in [0.2, 0.25) is 0 Å². The van der Waals surface area contributed by atoms with Crippen LogP contribution in [-0.2, 0) is 12.8 Å². The number of esters is 1. The number of aromatic carboxylic acids is 1. The Morgan fingerprint density at radius 2 is 1.04 bits per heavy atom. The fraction of sp³-hybridized carbons (Fsp3) is 0.300. The van der Waals surface area contributed by atoms with Crippen LogP contribution in [0.3, 0.4) is 0 Å². The number of carboxylic acids is 1. The van der Waals surface area contributed by atoms with Gasteiger partial charge in [0, 0.05) is 24.3 Å². The first-order valence-corrected chi connectivity index (χ1v) is 17.1. The number of aryl methyl sites for hydroxylation is 2. The molecule has 4 aromatic rings. The van der Waals surface area contributed by atoms with Crippen molar-refractivity contribution in [1.82, 2.24) is 0 Å². The summed E-state index contributed by atoms with van der Waals surface area (Å²) in [5.74, 6) is -6.60. The molecule has 0 radical (unpaired) electrons. The molecule has 2 N–H and O–H groups in total. The summed E-state index contributed by atoms with van der Waals surface area (Å²) < 4.78 is 57.0. The Bertz CT molecular complexity index is 1760. The lowest BCUT2D eigenvalue weighted by Crippen LogP contribution is -2.09. The highest BCUT2D eigenvalue weighted by Gasteiger charge is 2.15. The molecule has 0 aromatic heterocycles. The number of alkyl halides is 2. The van der Waals surface area contributed by atoms with Crippen molar-refractivity contribution in [2.75, 3.05) is 5.34 Å². The number of halogens is 6. The normalized spacial score (nSPS) is 9.55. The predicted molar refractivity (Wildman–Crippen MR) is 198 cm³/mol. The fourth-order valence-corrected chi connectivity index (χ4v) is 4.33. The number of hydrogen-bond donors (Lipinski definition) is 2. The van der Waals surface area contributed by atoms with Gasteiger partial charge in [0.1, 0.15) is 58.0 Å². The molecular formula is C40H42Cl2F4N2O5. The van der Waals surface area contributed by atoms with Crippen LogP contribution in [0.5, 0.6) is 11.5 Å². The molecule has 7 nitrogen and oxygen atoms in total. The van der Waals surface area contributed by atoms with Crippen LogP contribution in [0.4, 0.5) is 17.6 Å². The van der Waals surface area contributed by atoms with Gasteiger partial charge in [0.15, 0.2) is 0 Å². The molecular weight excluding hydrogens is 735 g/mol. The van der Waals surface area contributed by atoms with E-state index in [0.29, 0.717) is 23.3 Å². The average molecular weight is 778 g/mol. The van der Waals surface area contributed by atoms with Gasteiger partial charge in [-0.15, -0.1) is 23.2 Å². The van der Waals surface area contributed by atoms with E-state index in [0.717, 1.165) is 49.8 Å². The van der Waals surface area contributed by atoms with Gasteiger partial charge in [0.05, 0.1) is 16.5 Å². The molecule has 0 saturated carbocycles. The summed E-state index contributed by atoms with van der Waals surface area (Å²) in [5, 5.41) is 34.3. The first-order valence-electron chi connectivity index (χ1n) is 16.1. The number of carbonyl (C=O) groups is 2. The van der Waals surface area contributed by atoms with Crippen LogP contribution in [0.15, 0.2) is 72.8 Å². The highest BCUT2D eigenvalue weighted by Crippen LogP contribution is 2.22. The van der Waals surface area contributed by atoms with E-state index in [9.17, 15) is 27.2 Å². The molecule has 0 amide bonds. The summed E-state index contributed by atoms with van der Waals surface area (Å²) in [6.07, 6.45) is 9.01. The number of carbonyl (C=O) groups excluding carboxylic acids is 1. The molecule has 4 rings (SSSR count). The van der Waals surface area contributed by atoms with E-state index in [2.05, 4.69) is 13.8 Å². The molecule has 0 aliphatic rings. The smallest absolute Gasteiger partial charge is 0.343 e. The number of hydrogen-bond acceptors (Lipinski definition) is 6. The van der Waals surface area contributed by atoms with Crippen LogP contribution in [-0.4, -0.2) is 27.5 Å². The topological polar surface area (TPSA) is 131 Å². The number of aromatic hydroxyl groups is 1. The van der Waals surface area contributed by atoms with Gasteiger partial charge in [-0.05, 0) is 61.1 Å². The van der Waals surface area contributed by atoms with E-state index in [1.54, 1.807) is 24.3 Å². The minimum atomic E-state index is -1.06. The van der Waals surface area contributed by atoms with Gasteiger partial charge < -0.3 is 14.9 Å². The SMILES string of the molecule is C.CCCCCc1ccc(C(=O)O)cc1.CCCCCc1ccc(C(=O)Oc2cc(F)c(C#N)c(F)c2)cc1.ClCCl.N#Cc1c(F)cc(O)cc1F. The molecule has 0 atom stereocenters. The van der Waals surface area contributed by atoms with Crippen molar-refractivity contribution >= 4 is 35.1 Å². The van der Waals surface area contributed by atoms with Crippen LogP contribution in [0, 0.1) is 45.9 Å². The van der Waals surface area contributed by atoms with E-state index < -0.39 is 52.1 Å². The Balaban J connectivity index is 0.000000792. The van der Waals surface area contributed by atoms with Crippen LogP contribution in [0.1, 0.15) is 103 Å². The molecule has 13 heteroatoms. The lowest BCUT2D eigenvalue weighted by atomic mass is 10.1. The first-order chi connectivity index (χ1) is 24.8. The molecule has 0 saturated heterocycles. The Morgan fingerprint density at radius 3 is 1.38 bits per heavy atom. The minimum Gasteiger partial charge on any atom is -0.508 e. The molecule has 0 bridgehead atoms. The molecule has 0 aliphatic heterocycles. The lowest BCUT2D eigenvalue weighted by molar-refractivity contribution is 0.0694. The zero-order valence-electron chi connectivity index (χ0n) is 28.6. The van der Waals surface area contributed by atoms with E-state index in [1.807, 2.05) is 24.3 Å². The van der Waals surface area contributed by atoms with Crippen molar-refractivity contribution in [3.8, 4) is 23.6 Å². The largest absolute Gasteiger partial charge is 0.508 e. The molecule has 0 fully saturated rings. The maximum Gasteiger partial charge on any atom is 0.343 e. The summed E-state index contributed by atoms with van der Waals surface area (Å²) in [7, 11) is 0. The van der Waals surface area contributed by atoms with Gasteiger partial charge in [-0.25, -0.2) is 27.2 Å². The Labute approximate surface area is 318 Å². The Kier molecular flexibility index (Phi) is 24.1. The fourth-order valence-electron chi connectivity index (χ4n) is 4.33. The summed E-state index contributed by atoms with van der Waals surface area (Å²) in [6.45, 7) is 4.31. The molecule has 4 aromatic carbocycles. The average Bonchev–Trinajstić information content (AvgIpc) is 3.10. The van der Waals surface area contributed by atoms with Gasteiger partial charge >= 0.3 is 11.9 Å². The number of nitrogens with zero attached hydrogens (tertiary/aromatic N) is 2. The number of benzene rings is 4. The van der Waals surface area contributed by atoms with Crippen molar-refractivity contribution in [1.29, 1.82) is 10.5 Å². The van der Waals surface area contributed by atoms with Gasteiger partial charge in [-0.2, -0.15) is 10.5 Å². The van der Waals surface area contributed by atoms with Crippen molar-refractivity contribution in [2.45, 2.75) is 72.6 Å². The maximum atomic E-state index is 13.5. The third kappa shape index (κ3) is 17.8. The highest BCUT2D eigenvalue weighted by atomic mass is 35.5. The number of phenols is 1. The number of phenolic OH excluding ortho intramolecular Hbond substituents is 1. The number of ether oxygens (including phenoxy) is 1. The van der Waals surface area contributed by atoms with E-state index >= 15 is 0 Å². The molecule has 0 spiro atoms. The van der Waals surface area contributed by atoms with Gasteiger partial charge in [-0.1, -0.05) is 71.2 Å². The molecule has 0 unspecified atom stereocenters. The highest BCUT2D eigenvalue weighted by molar-refractivity contribution is 6.40. The summed E-state index contributed by atoms with van der Waals surface area (Å²) in [6, 6.07) is 19.8. The second-order valence-corrected chi connectivity index (χ2v) is 11.7. The van der Waals surface area contributed by atoms with Crippen molar-refractivity contribution in [3.63, 3.8) is 0 Å². The molecule has 53 heavy (non-hydrogen) atoms. The Morgan fingerprint density at radius 1 is 0.679 bits per heavy atom. The first kappa shape index (κ1) is 47.9. The van der Waals surface area contributed by atoms with Crippen molar-refractivity contribution in [2.24, 2.45) is 0 Å². The van der Waals surface area contributed by atoms with Crippen LogP contribution < -0.4 is 4.74 Å². The quantitative estimate of drug-likeness (QED) is 0.0509. The second kappa shape index (κ2) is 26.6. The zero-order chi connectivity index (χ0) is 39.1. The number of carboxylic acid groups (broad SMARTS) is 1. The van der Waals surface area contributed by atoms with Gasteiger partial charge in [0.25, 0.3) is 0 Å². The third-order valence-corrected chi connectivity index (χ3v) is 7.01. The maximum absolute atomic E-state index is 13.5. The number of rotatable bonds is 11. The minimum absolute atomic E-state index is 0. The molecule has 284 valence electrons. The standard InChI is InChI=1S/C19H17F2NO2.C12H16O2.C7H3F2NO.CH2Cl2.CH4/c1-2-3-4-5-13-6-8-14(9-7-13)19(23)24-15-10-17(20)16(12-22)18(21)11-15;1-2-3-4-5-10-6-8-11(9-7-10)12(13)14;8-6-1-4(11)2-7(9)5(6)3-10;2-1-3;/h6-11H,2-5H2,1H3;6-9H,2-5H2,1H3,(H,13,14);1-2,11H;1H2;1H4. The summed E-state index contributed by atoms with van der Waals surface area (Å²) in [4.78, 5) is 22.6. The lowest BCUT2D eigenvalue weighted by Gasteiger charge is -2.07. The number of nitriles is 2. The van der Waals surface area contributed by atoms with Crippen LogP contribution in [0.25, 0.3) is 0 Å². The third-order valence-electron chi connectivity index (χ3n) is 7.01. The van der Waals surface area contributed by atoms with Crippen molar-refractivity contribution in [3.05, 3.63) is 129 Å². The number of unbranched alkanes of at least 4 members (excludes halogenated alkanes) is 4. The summed E-state index contributed by atoms with van der Waals surface area (Å²) >= 11 is 9.53. The zero-order valence-corrected chi connectivity index (χ0v) is 30.1. The van der Waals surface area contributed by atoms with Crippen molar-refractivity contribution < 1.29 is 42.1 Å². The molecule has 0 heterocycles.